The van der Waals surface area contributed by atoms with Crippen molar-refractivity contribution in [3.8, 4) is 0 Å². The largest absolute Gasteiger partial charge is 0.481 e. The minimum absolute atomic E-state index is 0.0845. The lowest BCUT2D eigenvalue weighted by Crippen LogP contribution is -2.36. The van der Waals surface area contributed by atoms with E-state index in [4.69, 9.17) is 5.11 Å². The Kier molecular flexibility index (Phi) is 3.20. The van der Waals surface area contributed by atoms with E-state index in [1.54, 1.807) is 0 Å². The van der Waals surface area contributed by atoms with Crippen molar-refractivity contribution in [1.29, 1.82) is 0 Å². The molecule has 14 heavy (non-hydrogen) atoms. The third-order valence-electron chi connectivity index (χ3n) is 3.27. The third-order valence-corrected chi connectivity index (χ3v) is 4.74. The maximum atomic E-state index is 10.8. The lowest BCUT2D eigenvalue weighted by molar-refractivity contribution is -0.140. The van der Waals surface area contributed by atoms with Gasteiger partial charge >= 0.3 is 5.97 Å². The zero-order chi connectivity index (χ0) is 11.0. The molecular formula is C11H20O2S. The zero-order valence-electron chi connectivity index (χ0n) is 9.46. The molecule has 3 heteroatoms. The van der Waals surface area contributed by atoms with Gasteiger partial charge in [-0.1, -0.05) is 27.7 Å². The quantitative estimate of drug-likeness (QED) is 0.788. The first-order chi connectivity index (χ1) is 6.26. The summed E-state index contributed by atoms with van der Waals surface area (Å²) in [6.07, 6.45) is 1.43. The van der Waals surface area contributed by atoms with Crippen LogP contribution in [0.2, 0.25) is 0 Å². The highest BCUT2D eigenvalue weighted by Gasteiger charge is 2.45. The molecule has 1 fully saturated rings. The number of carbonyl (C=O) groups is 1. The lowest BCUT2D eigenvalue weighted by Gasteiger charge is -2.38. The second-order valence-electron chi connectivity index (χ2n) is 5.35. The van der Waals surface area contributed by atoms with Gasteiger partial charge in [-0.25, -0.2) is 0 Å². The van der Waals surface area contributed by atoms with Gasteiger partial charge in [0.2, 0.25) is 0 Å². The van der Waals surface area contributed by atoms with Gasteiger partial charge in [0.05, 0.1) is 6.42 Å². The Balaban J connectivity index is 2.76. The summed E-state index contributed by atoms with van der Waals surface area (Å²) in [5.41, 5.74) is -0.0845. The molecule has 0 aromatic carbocycles. The smallest absolute Gasteiger partial charge is 0.303 e. The Morgan fingerprint density at radius 2 is 2.14 bits per heavy atom. The standard InChI is InChI=1S/C11H20O2S/c1-10(2,7-9(12)13)8-5-6-14-11(8,3)4/h8H,5-7H2,1-4H3,(H,12,13). The van der Waals surface area contributed by atoms with Crippen molar-refractivity contribution < 1.29 is 9.90 Å². The van der Waals surface area contributed by atoms with E-state index in [2.05, 4.69) is 27.7 Å². The Morgan fingerprint density at radius 1 is 1.57 bits per heavy atom. The molecule has 0 aromatic rings. The highest BCUT2D eigenvalue weighted by atomic mass is 32.2. The Morgan fingerprint density at radius 3 is 2.50 bits per heavy atom. The van der Waals surface area contributed by atoms with Gasteiger partial charge < -0.3 is 5.11 Å². The van der Waals surface area contributed by atoms with Crippen molar-refractivity contribution in [3.05, 3.63) is 0 Å². The molecule has 0 bridgehead atoms. The van der Waals surface area contributed by atoms with Gasteiger partial charge in [-0.05, 0) is 23.5 Å². The summed E-state index contributed by atoms with van der Waals surface area (Å²) in [6.45, 7) is 8.64. The third kappa shape index (κ3) is 2.44. The number of rotatable bonds is 3. The van der Waals surface area contributed by atoms with Crippen molar-refractivity contribution in [1.82, 2.24) is 0 Å². The highest BCUT2D eigenvalue weighted by Crippen LogP contribution is 2.51. The van der Waals surface area contributed by atoms with Crippen LogP contribution in [0.15, 0.2) is 0 Å². The maximum Gasteiger partial charge on any atom is 0.303 e. The molecule has 2 nitrogen and oxygen atoms in total. The van der Waals surface area contributed by atoms with E-state index in [0.29, 0.717) is 5.92 Å². The number of aliphatic carboxylic acids is 1. The molecule has 0 aromatic heterocycles. The molecule has 0 saturated carbocycles. The number of hydrogen-bond acceptors (Lipinski definition) is 2. The zero-order valence-corrected chi connectivity index (χ0v) is 10.3. The summed E-state index contributed by atoms with van der Waals surface area (Å²) in [5, 5.41) is 8.87. The van der Waals surface area contributed by atoms with Crippen molar-refractivity contribution in [2.45, 2.75) is 45.3 Å². The van der Waals surface area contributed by atoms with Crippen molar-refractivity contribution in [2.75, 3.05) is 5.75 Å². The minimum Gasteiger partial charge on any atom is -0.481 e. The summed E-state index contributed by atoms with van der Waals surface area (Å²) in [7, 11) is 0. The van der Waals surface area contributed by atoms with Gasteiger partial charge in [0.25, 0.3) is 0 Å². The number of carboxylic acids is 1. The van der Waals surface area contributed by atoms with Crippen LogP contribution >= 0.6 is 11.8 Å². The first kappa shape index (κ1) is 11.9. The molecule has 0 aliphatic carbocycles. The van der Waals surface area contributed by atoms with E-state index >= 15 is 0 Å². The summed E-state index contributed by atoms with van der Waals surface area (Å²) >= 11 is 1.97. The Bertz CT molecular complexity index is 233. The summed E-state index contributed by atoms with van der Waals surface area (Å²) in [4.78, 5) is 10.8. The first-order valence-electron chi connectivity index (χ1n) is 5.11. The Labute approximate surface area is 90.5 Å². The van der Waals surface area contributed by atoms with Gasteiger partial charge in [0.1, 0.15) is 0 Å². The van der Waals surface area contributed by atoms with E-state index in [-0.39, 0.29) is 16.6 Å². The van der Waals surface area contributed by atoms with Gasteiger partial charge in [-0.2, -0.15) is 11.8 Å². The summed E-state index contributed by atoms with van der Waals surface area (Å²) in [6, 6.07) is 0. The molecule has 1 rings (SSSR count). The van der Waals surface area contributed by atoms with E-state index < -0.39 is 5.97 Å². The predicted octanol–water partition coefficient (Wildman–Crippen LogP) is 3.02. The second-order valence-corrected chi connectivity index (χ2v) is 7.10. The molecule has 1 unspecified atom stereocenters. The molecule has 1 heterocycles. The average Bonchev–Trinajstić information content (AvgIpc) is 2.26. The van der Waals surface area contributed by atoms with E-state index in [9.17, 15) is 4.79 Å². The number of carboxylic acid groups (broad SMARTS) is 1. The van der Waals surface area contributed by atoms with Crippen LogP contribution in [0.4, 0.5) is 0 Å². The maximum absolute atomic E-state index is 10.8. The molecule has 1 N–H and O–H groups in total. The first-order valence-corrected chi connectivity index (χ1v) is 6.10. The van der Waals surface area contributed by atoms with Crippen LogP contribution in [-0.2, 0) is 4.79 Å². The van der Waals surface area contributed by atoms with Gasteiger partial charge in [-0.3, -0.25) is 4.79 Å². The molecule has 1 atom stereocenters. The van der Waals surface area contributed by atoms with Crippen LogP contribution < -0.4 is 0 Å². The van der Waals surface area contributed by atoms with Crippen LogP contribution in [0.3, 0.4) is 0 Å². The lowest BCUT2D eigenvalue weighted by atomic mass is 9.69. The number of thioether (sulfide) groups is 1. The molecule has 1 saturated heterocycles. The topological polar surface area (TPSA) is 37.3 Å². The normalized spacial score (nSPS) is 26.4. The van der Waals surface area contributed by atoms with Crippen molar-refractivity contribution in [3.63, 3.8) is 0 Å². The molecule has 0 spiro atoms. The molecular weight excluding hydrogens is 196 g/mol. The van der Waals surface area contributed by atoms with Crippen LogP contribution in [0.5, 0.6) is 0 Å². The monoisotopic (exact) mass is 216 g/mol. The van der Waals surface area contributed by atoms with Gasteiger partial charge in [0.15, 0.2) is 0 Å². The fourth-order valence-corrected chi connectivity index (χ4v) is 4.25. The van der Waals surface area contributed by atoms with Crippen LogP contribution in [-0.4, -0.2) is 21.6 Å². The van der Waals surface area contributed by atoms with Gasteiger partial charge in [0, 0.05) is 4.75 Å². The van der Waals surface area contributed by atoms with Crippen molar-refractivity contribution in [2.24, 2.45) is 11.3 Å². The molecule has 1 aliphatic heterocycles. The Hall–Kier alpha value is -0.180. The van der Waals surface area contributed by atoms with E-state index in [1.165, 1.54) is 5.75 Å². The van der Waals surface area contributed by atoms with Gasteiger partial charge in [-0.15, -0.1) is 0 Å². The molecule has 82 valence electrons. The fraction of sp³-hybridized carbons (Fsp3) is 0.909. The number of hydrogen-bond donors (Lipinski definition) is 1. The fourth-order valence-electron chi connectivity index (χ4n) is 2.73. The van der Waals surface area contributed by atoms with Crippen molar-refractivity contribution >= 4 is 17.7 Å². The molecule has 0 amide bonds. The molecule has 0 radical (unpaired) electrons. The highest BCUT2D eigenvalue weighted by molar-refractivity contribution is 8.00. The minimum atomic E-state index is -0.678. The van der Waals surface area contributed by atoms with Crippen LogP contribution in [0.1, 0.15) is 40.5 Å². The summed E-state index contributed by atoms with van der Waals surface area (Å²) < 4.78 is 0.235. The summed E-state index contributed by atoms with van der Waals surface area (Å²) in [5.74, 6) is 1.000. The SMILES string of the molecule is CC(C)(CC(=O)O)C1CCSC1(C)C. The van der Waals surface area contributed by atoms with Crippen LogP contribution in [0, 0.1) is 11.3 Å². The molecule has 1 aliphatic rings. The second kappa shape index (κ2) is 3.76. The van der Waals surface area contributed by atoms with E-state index in [0.717, 1.165) is 6.42 Å². The average molecular weight is 216 g/mol. The van der Waals surface area contributed by atoms with Crippen LogP contribution in [0.25, 0.3) is 0 Å². The van der Waals surface area contributed by atoms with E-state index in [1.807, 2.05) is 11.8 Å². The predicted molar refractivity (Wildman–Crippen MR) is 60.7 cm³/mol.